The number of ether oxygens (including phenoxy) is 1. The summed E-state index contributed by atoms with van der Waals surface area (Å²) < 4.78 is 7.57. The predicted molar refractivity (Wildman–Crippen MR) is 94.5 cm³/mol. The fourth-order valence-corrected chi connectivity index (χ4v) is 3.18. The van der Waals surface area contributed by atoms with Gasteiger partial charge in [-0.05, 0) is 51.0 Å². The zero-order chi connectivity index (χ0) is 16.9. The lowest BCUT2D eigenvalue weighted by atomic mass is 9.96. The second kappa shape index (κ2) is 7.51. The Hall–Kier alpha value is -2.30. The van der Waals surface area contributed by atoms with Gasteiger partial charge in [0, 0.05) is 11.6 Å². The molecule has 1 N–H and O–H groups in total. The van der Waals surface area contributed by atoms with Crippen LogP contribution in [0.15, 0.2) is 36.5 Å². The van der Waals surface area contributed by atoms with Gasteiger partial charge >= 0.3 is 0 Å². The summed E-state index contributed by atoms with van der Waals surface area (Å²) in [5, 5.41) is 7.40. The van der Waals surface area contributed by atoms with E-state index >= 15 is 0 Å². The van der Waals surface area contributed by atoms with Crippen LogP contribution in [0.3, 0.4) is 0 Å². The third-order valence-electron chi connectivity index (χ3n) is 4.32. The average molecular weight is 327 g/mol. The topological polar surface area (TPSA) is 56.1 Å². The monoisotopic (exact) mass is 327 g/mol. The Balaban J connectivity index is 1.67. The summed E-state index contributed by atoms with van der Waals surface area (Å²) in [6.07, 6.45) is 7.89. The van der Waals surface area contributed by atoms with Crippen molar-refractivity contribution in [3.63, 3.8) is 0 Å². The normalized spacial score (nSPS) is 15.5. The molecule has 1 saturated carbocycles. The highest BCUT2D eigenvalue weighted by atomic mass is 16.5. The van der Waals surface area contributed by atoms with Gasteiger partial charge in [0.1, 0.15) is 11.6 Å². The van der Waals surface area contributed by atoms with E-state index in [1.54, 1.807) is 18.3 Å². The van der Waals surface area contributed by atoms with Crippen LogP contribution in [0.5, 0.6) is 5.75 Å². The van der Waals surface area contributed by atoms with Gasteiger partial charge in [0.15, 0.2) is 0 Å². The van der Waals surface area contributed by atoms with Crippen LogP contribution in [0.2, 0.25) is 0 Å². The van der Waals surface area contributed by atoms with Gasteiger partial charge in [0.05, 0.1) is 18.3 Å². The molecule has 0 unspecified atom stereocenters. The van der Waals surface area contributed by atoms with E-state index in [1.165, 1.54) is 19.3 Å². The molecule has 0 saturated heterocycles. The number of rotatable bonds is 5. The summed E-state index contributed by atoms with van der Waals surface area (Å²) in [6.45, 7) is 3.96. The number of hydrogen-bond donors (Lipinski definition) is 1. The lowest BCUT2D eigenvalue weighted by Gasteiger charge is -2.23. The number of aromatic nitrogens is 2. The molecule has 0 atom stereocenters. The molecule has 2 aromatic rings. The van der Waals surface area contributed by atoms with Crippen molar-refractivity contribution < 1.29 is 9.53 Å². The fourth-order valence-electron chi connectivity index (χ4n) is 3.18. The first-order chi connectivity index (χ1) is 11.6. The van der Waals surface area contributed by atoms with Crippen LogP contribution in [0.4, 0.5) is 5.82 Å². The standard InChI is InChI=1S/C19H25N3O2/c1-14(2)24-17-10-8-15(9-11-17)19(23)21-18-12-13-20-22(18)16-6-4-3-5-7-16/h8-14,16H,3-7H2,1-2H3,(H,21,23). The Labute approximate surface area is 143 Å². The summed E-state index contributed by atoms with van der Waals surface area (Å²) in [7, 11) is 0. The van der Waals surface area contributed by atoms with Crippen LogP contribution >= 0.6 is 0 Å². The second-order valence-corrected chi connectivity index (χ2v) is 6.60. The highest BCUT2D eigenvalue weighted by molar-refractivity contribution is 6.03. The Morgan fingerprint density at radius 1 is 1.17 bits per heavy atom. The third kappa shape index (κ3) is 3.96. The number of benzene rings is 1. The first kappa shape index (κ1) is 16.6. The zero-order valence-corrected chi connectivity index (χ0v) is 14.4. The summed E-state index contributed by atoms with van der Waals surface area (Å²) in [5.41, 5.74) is 0.613. The molecule has 128 valence electrons. The van der Waals surface area contributed by atoms with Crippen LogP contribution in [-0.4, -0.2) is 21.8 Å². The molecule has 1 amide bonds. The van der Waals surface area contributed by atoms with Crippen molar-refractivity contribution in [1.29, 1.82) is 0 Å². The molecule has 1 aromatic carbocycles. The molecular formula is C19H25N3O2. The van der Waals surface area contributed by atoms with E-state index in [-0.39, 0.29) is 12.0 Å². The van der Waals surface area contributed by atoms with E-state index in [9.17, 15) is 4.79 Å². The van der Waals surface area contributed by atoms with E-state index in [0.29, 0.717) is 11.6 Å². The van der Waals surface area contributed by atoms with E-state index in [1.807, 2.05) is 36.7 Å². The molecule has 1 aliphatic rings. The van der Waals surface area contributed by atoms with E-state index in [0.717, 1.165) is 24.4 Å². The highest BCUT2D eigenvalue weighted by Gasteiger charge is 2.19. The van der Waals surface area contributed by atoms with Gasteiger partial charge < -0.3 is 10.1 Å². The predicted octanol–water partition coefficient (Wildman–Crippen LogP) is 4.43. The fraction of sp³-hybridized carbons (Fsp3) is 0.474. The number of amides is 1. The van der Waals surface area contributed by atoms with Crippen LogP contribution < -0.4 is 10.1 Å². The molecule has 3 rings (SSSR count). The smallest absolute Gasteiger partial charge is 0.256 e. The Bertz CT molecular complexity index is 670. The maximum Gasteiger partial charge on any atom is 0.256 e. The molecule has 0 spiro atoms. The van der Waals surface area contributed by atoms with Gasteiger partial charge in [0.25, 0.3) is 5.91 Å². The molecule has 0 aliphatic heterocycles. The maximum atomic E-state index is 12.5. The third-order valence-corrected chi connectivity index (χ3v) is 4.32. The van der Waals surface area contributed by atoms with Crippen molar-refractivity contribution >= 4 is 11.7 Å². The lowest BCUT2D eigenvalue weighted by Crippen LogP contribution is -2.20. The quantitative estimate of drug-likeness (QED) is 0.884. The van der Waals surface area contributed by atoms with Crippen LogP contribution in [-0.2, 0) is 0 Å². The van der Waals surface area contributed by atoms with Crippen molar-refractivity contribution in [3.05, 3.63) is 42.1 Å². The van der Waals surface area contributed by atoms with Crippen LogP contribution in [0.25, 0.3) is 0 Å². The Morgan fingerprint density at radius 3 is 2.54 bits per heavy atom. The maximum absolute atomic E-state index is 12.5. The van der Waals surface area contributed by atoms with Crippen molar-refractivity contribution in [1.82, 2.24) is 9.78 Å². The van der Waals surface area contributed by atoms with Crippen LogP contribution in [0.1, 0.15) is 62.4 Å². The minimum absolute atomic E-state index is 0.120. The first-order valence-electron chi connectivity index (χ1n) is 8.75. The SMILES string of the molecule is CC(C)Oc1ccc(C(=O)Nc2ccnn2C2CCCCC2)cc1. The summed E-state index contributed by atoms with van der Waals surface area (Å²) >= 11 is 0. The largest absolute Gasteiger partial charge is 0.491 e. The van der Waals surface area contributed by atoms with E-state index < -0.39 is 0 Å². The second-order valence-electron chi connectivity index (χ2n) is 6.60. The van der Waals surface area contributed by atoms with Crippen LogP contribution in [0, 0.1) is 0 Å². The van der Waals surface area contributed by atoms with Gasteiger partial charge in [-0.15, -0.1) is 0 Å². The van der Waals surface area contributed by atoms with Gasteiger partial charge in [-0.1, -0.05) is 19.3 Å². The summed E-state index contributed by atoms with van der Waals surface area (Å²) in [4.78, 5) is 12.5. The molecule has 1 heterocycles. The van der Waals surface area contributed by atoms with Crippen molar-refractivity contribution in [2.45, 2.75) is 58.1 Å². The molecular weight excluding hydrogens is 302 g/mol. The molecule has 5 nitrogen and oxygen atoms in total. The van der Waals surface area contributed by atoms with E-state index in [4.69, 9.17) is 4.74 Å². The number of anilines is 1. The minimum atomic E-state index is -0.122. The number of carbonyl (C=O) groups excluding carboxylic acids is 1. The molecule has 1 aromatic heterocycles. The molecule has 24 heavy (non-hydrogen) atoms. The van der Waals surface area contributed by atoms with Gasteiger partial charge in [-0.3, -0.25) is 4.79 Å². The average Bonchev–Trinajstić information content (AvgIpc) is 3.04. The summed E-state index contributed by atoms with van der Waals surface area (Å²) in [6, 6.07) is 9.48. The Morgan fingerprint density at radius 2 is 1.88 bits per heavy atom. The van der Waals surface area contributed by atoms with Gasteiger partial charge in [0.2, 0.25) is 0 Å². The van der Waals surface area contributed by atoms with Crippen molar-refractivity contribution in [3.8, 4) is 5.75 Å². The first-order valence-corrected chi connectivity index (χ1v) is 8.75. The number of nitrogens with one attached hydrogen (secondary N) is 1. The number of hydrogen-bond acceptors (Lipinski definition) is 3. The van der Waals surface area contributed by atoms with Gasteiger partial charge in [-0.2, -0.15) is 5.10 Å². The molecule has 5 heteroatoms. The lowest BCUT2D eigenvalue weighted by molar-refractivity contribution is 0.102. The number of nitrogens with zero attached hydrogens (tertiary/aromatic N) is 2. The molecule has 0 radical (unpaired) electrons. The van der Waals surface area contributed by atoms with Crippen molar-refractivity contribution in [2.75, 3.05) is 5.32 Å². The summed E-state index contributed by atoms with van der Waals surface area (Å²) in [5.74, 6) is 1.42. The highest BCUT2D eigenvalue weighted by Crippen LogP contribution is 2.30. The zero-order valence-electron chi connectivity index (χ0n) is 14.4. The van der Waals surface area contributed by atoms with E-state index in [2.05, 4.69) is 10.4 Å². The molecule has 0 bridgehead atoms. The molecule has 1 fully saturated rings. The van der Waals surface area contributed by atoms with Crippen molar-refractivity contribution in [2.24, 2.45) is 0 Å². The van der Waals surface area contributed by atoms with Gasteiger partial charge in [-0.25, -0.2) is 4.68 Å². The number of carbonyl (C=O) groups is 1. The Kier molecular flexibility index (Phi) is 5.18. The molecule has 1 aliphatic carbocycles. The minimum Gasteiger partial charge on any atom is -0.491 e.